The summed E-state index contributed by atoms with van der Waals surface area (Å²) in [6, 6.07) is -1.06. The zero-order valence-electron chi connectivity index (χ0n) is 8.89. The Morgan fingerprint density at radius 1 is 1.47 bits per heavy atom. The van der Waals surface area contributed by atoms with Gasteiger partial charge in [-0.2, -0.15) is 0 Å². The molecule has 0 spiro atoms. The molecule has 1 saturated heterocycles. The number of aliphatic hydroxyl groups is 2. The Morgan fingerprint density at radius 2 is 2.06 bits per heavy atom. The molecule has 0 saturated carbocycles. The number of nitrogens with one attached hydrogen (secondary N) is 1. The first-order valence-electron chi connectivity index (χ1n) is 4.69. The third-order valence-corrected chi connectivity index (χ3v) is 2.63. The van der Waals surface area contributed by atoms with E-state index >= 15 is 0 Å². The van der Waals surface area contributed by atoms with E-state index in [-0.39, 0.29) is 0 Å². The van der Waals surface area contributed by atoms with E-state index < -0.39 is 44.9 Å². The summed E-state index contributed by atoms with van der Waals surface area (Å²) in [4.78, 5) is 27.7. The Kier molecular flexibility index (Phi) is 4.62. The number of hydrogen-bond acceptors (Lipinski definition) is 6. The normalized spacial score (nSPS) is 33.7. The summed E-state index contributed by atoms with van der Waals surface area (Å²) in [5.41, 5.74) is 0. The quantitative estimate of drug-likeness (QED) is 0.358. The highest BCUT2D eigenvalue weighted by Crippen LogP contribution is 2.37. The van der Waals surface area contributed by atoms with Crippen molar-refractivity contribution < 1.29 is 38.6 Å². The number of aliphatic hydroxyl groups excluding tert-OH is 2. The van der Waals surface area contributed by atoms with Crippen LogP contribution in [0.1, 0.15) is 6.92 Å². The van der Waals surface area contributed by atoms with Crippen LogP contribution in [0.15, 0.2) is 0 Å². The molecule has 5 N–H and O–H groups in total. The first-order valence-corrected chi connectivity index (χ1v) is 6.22. The van der Waals surface area contributed by atoms with Crippen molar-refractivity contribution in [2.75, 3.05) is 6.61 Å². The van der Waals surface area contributed by atoms with Gasteiger partial charge in [-0.15, -0.1) is 0 Å². The highest BCUT2D eigenvalue weighted by molar-refractivity contribution is 7.46. The van der Waals surface area contributed by atoms with Gasteiger partial charge in [-0.05, 0) is 0 Å². The molecule has 1 heterocycles. The van der Waals surface area contributed by atoms with Crippen LogP contribution in [-0.4, -0.2) is 57.1 Å². The van der Waals surface area contributed by atoms with Gasteiger partial charge >= 0.3 is 7.82 Å². The smallest absolute Gasteiger partial charge is 0.388 e. The topological polar surface area (TPSA) is 146 Å². The molecule has 1 rings (SSSR count). The van der Waals surface area contributed by atoms with Gasteiger partial charge in [0.15, 0.2) is 6.29 Å². The average Bonchev–Trinajstić information content (AvgIpc) is 2.41. The minimum atomic E-state index is -4.67. The molecule has 17 heavy (non-hydrogen) atoms. The SMILES string of the molecule is CC(=O)NC1C(O)[C@@H](COP(=O)(O)O)O[C@H]1O. The summed E-state index contributed by atoms with van der Waals surface area (Å²) < 4.78 is 19.4. The molecule has 4 atom stereocenters. The number of carbonyl (C=O) groups excluding carboxylic acids is 1. The fraction of sp³-hybridized carbons (Fsp3) is 0.857. The van der Waals surface area contributed by atoms with Crippen molar-refractivity contribution in [2.24, 2.45) is 0 Å². The third kappa shape index (κ3) is 4.32. The summed E-state index contributed by atoms with van der Waals surface area (Å²) in [7, 11) is -4.67. The van der Waals surface area contributed by atoms with Gasteiger partial charge in [0.05, 0.1) is 6.61 Å². The lowest BCUT2D eigenvalue weighted by Crippen LogP contribution is -2.47. The fourth-order valence-electron chi connectivity index (χ4n) is 1.44. The summed E-state index contributed by atoms with van der Waals surface area (Å²) in [5, 5.41) is 21.2. The maximum atomic E-state index is 10.8. The molecule has 0 aliphatic carbocycles. The maximum absolute atomic E-state index is 10.8. The molecule has 9 nitrogen and oxygen atoms in total. The maximum Gasteiger partial charge on any atom is 0.469 e. The van der Waals surface area contributed by atoms with Crippen LogP contribution in [0, 0.1) is 0 Å². The number of hydrogen-bond donors (Lipinski definition) is 5. The third-order valence-electron chi connectivity index (χ3n) is 2.15. The van der Waals surface area contributed by atoms with Gasteiger partial charge in [0, 0.05) is 6.92 Å². The van der Waals surface area contributed by atoms with E-state index in [1.807, 2.05) is 0 Å². The van der Waals surface area contributed by atoms with Gasteiger partial charge in [-0.1, -0.05) is 0 Å². The fourth-order valence-corrected chi connectivity index (χ4v) is 1.79. The Bertz CT molecular complexity index is 330. The van der Waals surface area contributed by atoms with Crippen LogP contribution in [0.4, 0.5) is 0 Å². The second-order valence-electron chi connectivity index (χ2n) is 3.57. The van der Waals surface area contributed by atoms with E-state index in [4.69, 9.17) is 14.5 Å². The Morgan fingerprint density at radius 3 is 2.53 bits per heavy atom. The Balaban J connectivity index is 2.55. The van der Waals surface area contributed by atoms with Gasteiger partial charge < -0.3 is 30.1 Å². The van der Waals surface area contributed by atoms with E-state index in [0.29, 0.717) is 0 Å². The van der Waals surface area contributed by atoms with Crippen molar-refractivity contribution in [3.63, 3.8) is 0 Å². The molecule has 0 aromatic rings. The van der Waals surface area contributed by atoms with Crippen molar-refractivity contribution in [3.8, 4) is 0 Å². The number of amides is 1. The van der Waals surface area contributed by atoms with E-state index in [0.717, 1.165) is 0 Å². The van der Waals surface area contributed by atoms with Crippen LogP contribution in [0.25, 0.3) is 0 Å². The lowest BCUT2D eigenvalue weighted by atomic mass is 10.1. The Hall–Kier alpha value is -0.540. The van der Waals surface area contributed by atoms with Crippen molar-refractivity contribution in [3.05, 3.63) is 0 Å². The van der Waals surface area contributed by atoms with Gasteiger partial charge in [-0.25, -0.2) is 4.57 Å². The second-order valence-corrected chi connectivity index (χ2v) is 4.81. The minimum Gasteiger partial charge on any atom is -0.388 e. The molecule has 1 aliphatic rings. The van der Waals surface area contributed by atoms with Crippen LogP contribution >= 0.6 is 7.82 Å². The average molecular weight is 271 g/mol. The van der Waals surface area contributed by atoms with Crippen LogP contribution in [0.3, 0.4) is 0 Å². The number of phosphoric acid groups is 1. The number of phosphoric ester groups is 1. The van der Waals surface area contributed by atoms with Gasteiger partial charge in [-0.3, -0.25) is 9.32 Å². The number of ether oxygens (including phenoxy) is 1. The summed E-state index contributed by atoms with van der Waals surface area (Å²) in [6.07, 6.45) is -3.91. The summed E-state index contributed by atoms with van der Waals surface area (Å²) >= 11 is 0. The molecule has 0 bridgehead atoms. The monoisotopic (exact) mass is 271 g/mol. The van der Waals surface area contributed by atoms with Crippen molar-refractivity contribution in [1.82, 2.24) is 5.32 Å². The molecule has 1 aliphatic heterocycles. The van der Waals surface area contributed by atoms with Crippen LogP contribution in [-0.2, 0) is 18.6 Å². The van der Waals surface area contributed by atoms with E-state index in [1.165, 1.54) is 6.92 Å². The van der Waals surface area contributed by atoms with E-state index in [1.54, 1.807) is 0 Å². The zero-order valence-corrected chi connectivity index (χ0v) is 9.78. The first-order chi connectivity index (χ1) is 7.70. The molecular formula is C7H14NO8P. The standard InChI is InChI=1S/C7H14NO8P/c1-3(9)8-5-6(10)4(16-7(5)11)2-15-17(12,13)14/h4-7,10-11H,2H2,1H3,(H,8,9)(H2,12,13,14)/t4-,5?,6?,7-/m1/s1. The number of rotatable bonds is 4. The van der Waals surface area contributed by atoms with Crippen LogP contribution in [0.5, 0.6) is 0 Å². The van der Waals surface area contributed by atoms with Crippen molar-refractivity contribution in [1.29, 1.82) is 0 Å². The highest BCUT2D eigenvalue weighted by atomic mass is 31.2. The molecule has 10 heteroatoms. The lowest BCUT2D eigenvalue weighted by Gasteiger charge is -2.18. The largest absolute Gasteiger partial charge is 0.469 e. The molecular weight excluding hydrogens is 257 g/mol. The van der Waals surface area contributed by atoms with Gasteiger partial charge in [0.1, 0.15) is 18.2 Å². The van der Waals surface area contributed by atoms with Crippen molar-refractivity contribution in [2.45, 2.75) is 31.5 Å². The molecule has 1 fully saturated rings. The molecule has 0 aromatic heterocycles. The molecule has 0 aromatic carbocycles. The second kappa shape index (κ2) is 5.40. The highest BCUT2D eigenvalue weighted by Gasteiger charge is 2.44. The molecule has 1 amide bonds. The lowest BCUT2D eigenvalue weighted by molar-refractivity contribution is -0.127. The molecule has 0 radical (unpaired) electrons. The summed E-state index contributed by atoms with van der Waals surface area (Å²) in [5.74, 6) is -0.478. The Labute approximate surface area is 96.6 Å². The minimum absolute atomic E-state index is 0.478. The van der Waals surface area contributed by atoms with Crippen molar-refractivity contribution >= 4 is 13.7 Å². The molecule has 100 valence electrons. The van der Waals surface area contributed by atoms with Gasteiger partial charge in [0.25, 0.3) is 0 Å². The van der Waals surface area contributed by atoms with E-state index in [9.17, 15) is 19.6 Å². The predicted molar refractivity (Wildman–Crippen MR) is 52.5 cm³/mol. The first kappa shape index (κ1) is 14.5. The predicted octanol–water partition coefficient (Wildman–Crippen LogP) is -2.32. The zero-order chi connectivity index (χ0) is 13.2. The van der Waals surface area contributed by atoms with Gasteiger partial charge in [0.2, 0.25) is 5.91 Å². The van der Waals surface area contributed by atoms with Crippen LogP contribution in [0.2, 0.25) is 0 Å². The molecule has 2 unspecified atom stereocenters. The van der Waals surface area contributed by atoms with E-state index in [2.05, 4.69) is 9.84 Å². The number of carbonyl (C=O) groups is 1. The summed E-state index contributed by atoms with van der Waals surface area (Å²) in [6.45, 7) is 0.595. The van der Waals surface area contributed by atoms with Crippen LogP contribution < -0.4 is 5.32 Å².